The van der Waals surface area contributed by atoms with E-state index in [4.69, 9.17) is 0 Å². The monoisotopic (exact) mass is 170 g/mol. The predicted octanol–water partition coefficient (Wildman–Crippen LogP) is 2.32. The van der Waals surface area contributed by atoms with E-state index in [0.29, 0.717) is 0 Å². The van der Waals surface area contributed by atoms with Gasteiger partial charge in [0.25, 0.3) is 0 Å². The molecule has 0 saturated carbocycles. The zero-order valence-electron chi connectivity index (χ0n) is 7.29. The van der Waals surface area contributed by atoms with Crippen LogP contribution in [0.25, 0.3) is 0 Å². The summed E-state index contributed by atoms with van der Waals surface area (Å²) in [4.78, 5) is 0. The van der Waals surface area contributed by atoms with E-state index in [-0.39, 0.29) is 0 Å². The van der Waals surface area contributed by atoms with Crippen LogP contribution in [-0.4, -0.2) is 16.0 Å². The van der Waals surface area contributed by atoms with E-state index in [2.05, 4.69) is 29.9 Å². The molecule has 1 aromatic heterocycles. The number of hydrogen-bond acceptors (Lipinski definition) is 2. The third-order valence-corrected chi connectivity index (χ3v) is 2.51. The van der Waals surface area contributed by atoms with Gasteiger partial charge < -0.3 is 0 Å². The lowest BCUT2D eigenvalue weighted by Gasteiger charge is -2.02. The summed E-state index contributed by atoms with van der Waals surface area (Å²) in [6, 6.07) is 0. The first-order valence-electron chi connectivity index (χ1n) is 3.86. The van der Waals surface area contributed by atoms with Gasteiger partial charge >= 0.3 is 0 Å². The summed E-state index contributed by atoms with van der Waals surface area (Å²) in [7, 11) is 0. The van der Waals surface area contributed by atoms with Gasteiger partial charge in [0.15, 0.2) is 0 Å². The summed E-state index contributed by atoms with van der Waals surface area (Å²) in [5.74, 6) is 0. The number of aryl methyl sites for hydroxylation is 2. The molecule has 0 atom stereocenters. The molecule has 0 fully saturated rings. The quantitative estimate of drug-likeness (QED) is 0.648. The molecule has 62 valence electrons. The average Bonchev–Trinajstić information content (AvgIpc) is 2.33. The number of rotatable bonds is 3. The Morgan fingerprint density at radius 3 is 2.91 bits per heavy atom. The lowest BCUT2D eigenvalue weighted by atomic mass is 10.4. The molecule has 0 aromatic carbocycles. The third kappa shape index (κ3) is 1.77. The molecule has 0 amide bonds. The Hall–Kier alpha value is -0.440. The molecule has 0 bridgehead atoms. The molecule has 1 rings (SSSR count). The van der Waals surface area contributed by atoms with Crippen molar-refractivity contribution in [3.05, 3.63) is 11.8 Å². The maximum Gasteiger partial charge on any atom is 0.0966 e. The molecule has 0 radical (unpaired) electrons. The summed E-state index contributed by atoms with van der Waals surface area (Å²) >= 11 is 1.77. The zero-order chi connectivity index (χ0) is 8.27. The maximum atomic E-state index is 4.27. The van der Waals surface area contributed by atoms with Crippen LogP contribution in [0.3, 0.4) is 0 Å². The number of aromatic nitrogens is 2. The Bertz CT molecular complexity index is 230. The highest BCUT2D eigenvalue weighted by Crippen LogP contribution is 2.18. The molecule has 2 nitrogen and oxygen atoms in total. The summed E-state index contributed by atoms with van der Waals surface area (Å²) < 4.78 is 2.07. The van der Waals surface area contributed by atoms with Crippen LogP contribution in [0.4, 0.5) is 0 Å². The molecule has 11 heavy (non-hydrogen) atoms. The van der Waals surface area contributed by atoms with E-state index in [1.165, 1.54) is 10.6 Å². The number of nitrogens with zero attached hydrogens (tertiary/aromatic N) is 2. The fraction of sp³-hybridized carbons (Fsp3) is 0.625. The van der Waals surface area contributed by atoms with Crippen LogP contribution in [0, 0.1) is 6.92 Å². The first-order chi connectivity index (χ1) is 5.29. The van der Waals surface area contributed by atoms with Gasteiger partial charge in [-0.15, -0.1) is 11.8 Å². The van der Waals surface area contributed by atoms with Crippen LogP contribution < -0.4 is 0 Å². The minimum Gasteiger partial charge on any atom is -0.259 e. The van der Waals surface area contributed by atoms with Gasteiger partial charge in [-0.3, -0.25) is 4.68 Å². The Kier molecular flexibility index (Phi) is 3.00. The van der Waals surface area contributed by atoms with Gasteiger partial charge in [0.1, 0.15) is 0 Å². The predicted molar refractivity (Wildman–Crippen MR) is 49.0 cm³/mol. The molecule has 1 aromatic rings. The van der Waals surface area contributed by atoms with Crippen molar-refractivity contribution in [3.63, 3.8) is 0 Å². The van der Waals surface area contributed by atoms with Crippen molar-refractivity contribution in [2.75, 3.05) is 6.26 Å². The highest BCUT2D eigenvalue weighted by molar-refractivity contribution is 7.98. The Morgan fingerprint density at radius 1 is 1.64 bits per heavy atom. The van der Waals surface area contributed by atoms with Crippen molar-refractivity contribution in [3.8, 4) is 0 Å². The van der Waals surface area contributed by atoms with Gasteiger partial charge in [-0.2, -0.15) is 5.10 Å². The molecule has 0 aliphatic rings. The largest absolute Gasteiger partial charge is 0.259 e. The van der Waals surface area contributed by atoms with Crippen LogP contribution >= 0.6 is 11.8 Å². The topological polar surface area (TPSA) is 17.8 Å². The second-order valence-electron chi connectivity index (χ2n) is 2.56. The van der Waals surface area contributed by atoms with Crippen molar-refractivity contribution in [2.24, 2.45) is 0 Å². The molecule has 0 unspecified atom stereocenters. The second-order valence-corrected chi connectivity index (χ2v) is 3.35. The summed E-state index contributed by atoms with van der Waals surface area (Å²) in [5, 5.41) is 5.57. The smallest absolute Gasteiger partial charge is 0.0966 e. The van der Waals surface area contributed by atoms with Gasteiger partial charge in [0.05, 0.1) is 11.2 Å². The third-order valence-electron chi connectivity index (χ3n) is 1.59. The highest BCUT2D eigenvalue weighted by atomic mass is 32.2. The van der Waals surface area contributed by atoms with Crippen molar-refractivity contribution in [2.45, 2.75) is 31.8 Å². The fourth-order valence-electron chi connectivity index (χ4n) is 1.10. The Morgan fingerprint density at radius 2 is 2.36 bits per heavy atom. The molecular weight excluding hydrogens is 156 g/mol. The minimum absolute atomic E-state index is 1.03. The van der Waals surface area contributed by atoms with E-state index in [1.807, 2.05) is 6.20 Å². The van der Waals surface area contributed by atoms with E-state index in [9.17, 15) is 0 Å². The van der Waals surface area contributed by atoms with Gasteiger partial charge in [-0.25, -0.2) is 0 Å². The standard InChI is InChI=1S/C8H14N2S/c1-4-5-10-8(11-3)7(2)6-9-10/h6H,4-5H2,1-3H3. The van der Waals surface area contributed by atoms with Gasteiger partial charge in [-0.05, 0) is 19.6 Å². The molecule has 0 N–H and O–H groups in total. The molecule has 0 aliphatic carbocycles. The lowest BCUT2D eigenvalue weighted by molar-refractivity contribution is 0.557. The maximum absolute atomic E-state index is 4.27. The number of hydrogen-bond donors (Lipinski definition) is 0. The fourth-order valence-corrected chi connectivity index (χ4v) is 1.83. The van der Waals surface area contributed by atoms with Gasteiger partial charge in [0.2, 0.25) is 0 Å². The van der Waals surface area contributed by atoms with Crippen molar-refractivity contribution >= 4 is 11.8 Å². The minimum atomic E-state index is 1.03. The van der Waals surface area contributed by atoms with Crippen molar-refractivity contribution in [1.82, 2.24) is 9.78 Å². The van der Waals surface area contributed by atoms with Gasteiger partial charge in [0, 0.05) is 12.1 Å². The molecule has 0 aliphatic heterocycles. The lowest BCUT2D eigenvalue weighted by Crippen LogP contribution is -1.99. The molecular formula is C8H14N2S. The molecule has 1 heterocycles. The average molecular weight is 170 g/mol. The molecule has 0 saturated heterocycles. The summed E-state index contributed by atoms with van der Waals surface area (Å²) in [6.07, 6.45) is 5.17. The Balaban J connectivity index is 2.86. The van der Waals surface area contributed by atoms with E-state index >= 15 is 0 Å². The van der Waals surface area contributed by atoms with Crippen LogP contribution in [0.15, 0.2) is 11.2 Å². The normalized spacial score (nSPS) is 10.5. The van der Waals surface area contributed by atoms with Crippen molar-refractivity contribution < 1.29 is 0 Å². The first kappa shape index (κ1) is 8.65. The first-order valence-corrected chi connectivity index (χ1v) is 5.08. The van der Waals surface area contributed by atoms with Crippen molar-refractivity contribution in [1.29, 1.82) is 0 Å². The Labute approximate surface area is 72.0 Å². The highest BCUT2D eigenvalue weighted by Gasteiger charge is 2.03. The number of thioether (sulfide) groups is 1. The van der Waals surface area contributed by atoms with E-state index < -0.39 is 0 Å². The summed E-state index contributed by atoms with van der Waals surface area (Å²) in [5.41, 5.74) is 1.28. The van der Waals surface area contributed by atoms with E-state index in [1.54, 1.807) is 11.8 Å². The van der Waals surface area contributed by atoms with Crippen LogP contribution in [0.2, 0.25) is 0 Å². The zero-order valence-corrected chi connectivity index (χ0v) is 8.11. The van der Waals surface area contributed by atoms with E-state index in [0.717, 1.165) is 13.0 Å². The SMILES string of the molecule is CCCn1ncc(C)c1SC. The molecule has 0 spiro atoms. The second kappa shape index (κ2) is 3.81. The summed E-state index contributed by atoms with van der Waals surface area (Å²) in [6.45, 7) is 5.30. The van der Waals surface area contributed by atoms with Gasteiger partial charge in [-0.1, -0.05) is 6.92 Å². The molecule has 3 heteroatoms. The van der Waals surface area contributed by atoms with Crippen LogP contribution in [-0.2, 0) is 6.54 Å². The van der Waals surface area contributed by atoms with Crippen LogP contribution in [0.1, 0.15) is 18.9 Å². The van der Waals surface area contributed by atoms with Crippen LogP contribution in [0.5, 0.6) is 0 Å².